The van der Waals surface area contributed by atoms with Gasteiger partial charge in [-0.15, -0.1) is 6.58 Å². The van der Waals surface area contributed by atoms with Crippen LogP contribution in [0.4, 0.5) is 0 Å². The van der Waals surface area contributed by atoms with Crippen LogP contribution < -0.4 is 4.74 Å². The van der Waals surface area contributed by atoms with Crippen LogP contribution in [0.1, 0.15) is 22.6 Å². The lowest BCUT2D eigenvalue weighted by Gasteiger charge is -2.34. The second-order valence-electron chi connectivity index (χ2n) is 5.69. The molecular formula is C19H21NO2. The first kappa shape index (κ1) is 14.7. The van der Waals surface area contributed by atoms with E-state index in [1.54, 1.807) is 7.11 Å². The van der Waals surface area contributed by atoms with E-state index in [4.69, 9.17) is 4.74 Å². The van der Waals surface area contributed by atoms with Crippen LogP contribution >= 0.6 is 0 Å². The number of methoxy groups -OCH3 is 1. The third-order valence-corrected chi connectivity index (χ3v) is 4.24. The molecule has 3 heteroatoms. The first-order valence-electron chi connectivity index (χ1n) is 7.50. The minimum absolute atomic E-state index is 0.113. The van der Waals surface area contributed by atoms with Gasteiger partial charge < -0.3 is 9.84 Å². The summed E-state index contributed by atoms with van der Waals surface area (Å²) in [6.07, 6.45) is 1.91. The van der Waals surface area contributed by atoms with Gasteiger partial charge in [-0.1, -0.05) is 42.5 Å². The predicted octanol–water partition coefficient (Wildman–Crippen LogP) is 3.69. The van der Waals surface area contributed by atoms with E-state index < -0.39 is 0 Å². The molecule has 0 aromatic heterocycles. The number of aromatic hydroxyl groups is 1. The molecule has 22 heavy (non-hydrogen) atoms. The number of ether oxygens (including phenoxy) is 1. The van der Waals surface area contributed by atoms with Crippen molar-refractivity contribution in [2.75, 3.05) is 13.7 Å². The Kier molecular flexibility index (Phi) is 4.16. The average molecular weight is 295 g/mol. The highest BCUT2D eigenvalue weighted by molar-refractivity contribution is 5.53. The zero-order valence-electron chi connectivity index (χ0n) is 12.8. The summed E-state index contributed by atoms with van der Waals surface area (Å²) < 4.78 is 5.23. The molecule has 0 fully saturated rings. The van der Waals surface area contributed by atoms with Gasteiger partial charge in [-0.05, 0) is 17.2 Å². The molecule has 1 aliphatic heterocycles. The molecule has 0 bridgehead atoms. The minimum atomic E-state index is 0.113. The van der Waals surface area contributed by atoms with E-state index >= 15 is 0 Å². The van der Waals surface area contributed by atoms with Gasteiger partial charge in [0.2, 0.25) is 0 Å². The zero-order valence-corrected chi connectivity index (χ0v) is 12.8. The Labute approximate surface area is 131 Å². The van der Waals surface area contributed by atoms with Gasteiger partial charge in [0.1, 0.15) is 0 Å². The summed E-state index contributed by atoms with van der Waals surface area (Å²) in [6, 6.07) is 14.3. The van der Waals surface area contributed by atoms with Gasteiger partial charge >= 0.3 is 0 Å². The minimum Gasteiger partial charge on any atom is -0.504 e. The van der Waals surface area contributed by atoms with E-state index in [2.05, 4.69) is 35.7 Å². The summed E-state index contributed by atoms with van der Waals surface area (Å²) in [4.78, 5) is 2.38. The summed E-state index contributed by atoms with van der Waals surface area (Å²) in [5.74, 6) is 0.897. The van der Waals surface area contributed by atoms with Crippen molar-refractivity contribution in [1.82, 2.24) is 4.90 Å². The van der Waals surface area contributed by atoms with Crippen molar-refractivity contribution in [2.24, 2.45) is 0 Å². The number of phenols is 1. The summed E-state index contributed by atoms with van der Waals surface area (Å²) in [6.45, 7) is 6.52. The maximum absolute atomic E-state index is 10.4. The second-order valence-corrected chi connectivity index (χ2v) is 5.69. The Hall–Kier alpha value is -2.26. The number of hydrogen-bond donors (Lipinski definition) is 1. The molecule has 0 amide bonds. The summed E-state index contributed by atoms with van der Waals surface area (Å²) in [7, 11) is 1.58. The Morgan fingerprint density at radius 2 is 2.05 bits per heavy atom. The molecule has 3 nitrogen and oxygen atoms in total. The Balaban J connectivity index is 1.89. The fourth-order valence-corrected chi connectivity index (χ4v) is 3.18. The largest absolute Gasteiger partial charge is 0.504 e. The number of phenolic OH excluding ortho intramolecular Hbond substituents is 1. The van der Waals surface area contributed by atoms with Crippen molar-refractivity contribution < 1.29 is 9.84 Å². The maximum Gasteiger partial charge on any atom is 0.161 e. The molecular weight excluding hydrogens is 274 g/mol. The molecule has 0 saturated carbocycles. The predicted molar refractivity (Wildman–Crippen MR) is 88.2 cm³/mol. The number of rotatable bonds is 4. The van der Waals surface area contributed by atoms with Crippen LogP contribution in [0, 0.1) is 0 Å². The monoisotopic (exact) mass is 295 g/mol. The third-order valence-electron chi connectivity index (χ3n) is 4.24. The molecule has 0 unspecified atom stereocenters. The standard InChI is InChI=1S/C19H21NO2/c1-3-15-12-20(11-14-7-5-4-6-8-14)13-16-9-10-17(22-2)19(21)18(15)16/h3-10,15,21H,1,11-13H2,2H3/t15-/m0/s1. The van der Waals surface area contributed by atoms with Crippen molar-refractivity contribution in [2.45, 2.75) is 19.0 Å². The van der Waals surface area contributed by atoms with E-state index in [1.807, 2.05) is 24.3 Å². The molecule has 0 saturated heterocycles. The molecule has 0 radical (unpaired) electrons. The smallest absolute Gasteiger partial charge is 0.161 e. The number of benzene rings is 2. The van der Waals surface area contributed by atoms with E-state index in [9.17, 15) is 5.11 Å². The highest BCUT2D eigenvalue weighted by Crippen LogP contribution is 2.41. The van der Waals surface area contributed by atoms with Crippen molar-refractivity contribution in [3.05, 3.63) is 71.8 Å². The third kappa shape index (κ3) is 2.72. The SMILES string of the molecule is C=C[C@H]1CN(Cc2ccccc2)Cc2ccc(OC)c(O)c21. The molecule has 2 aromatic rings. The van der Waals surface area contributed by atoms with Crippen LogP contribution in [0.5, 0.6) is 11.5 Å². The molecule has 3 rings (SSSR count). The first-order chi connectivity index (χ1) is 10.7. The van der Waals surface area contributed by atoms with Crippen LogP contribution in [-0.2, 0) is 13.1 Å². The lowest BCUT2D eigenvalue weighted by molar-refractivity contribution is 0.230. The second kappa shape index (κ2) is 6.24. The summed E-state index contributed by atoms with van der Waals surface area (Å²) in [5.41, 5.74) is 3.40. The molecule has 0 aliphatic carbocycles. The van der Waals surface area contributed by atoms with Crippen LogP contribution in [0.2, 0.25) is 0 Å². The van der Waals surface area contributed by atoms with E-state index in [-0.39, 0.29) is 11.7 Å². The maximum atomic E-state index is 10.4. The van der Waals surface area contributed by atoms with Gasteiger partial charge in [0, 0.05) is 31.1 Å². The van der Waals surface area contributed by atoms with Gasteiger partial charge in [0.15, 0.2) is 11.5 Å². The van der Waals surface area contributed by atoms with Crippen molar-refractivity contribution >= 4 is 0 Å². The highest BCUT2D eigenvalue weighted by Gasteiger charge is 2.27. The van der Waals surface area contributed by atoms with Crippen molar-refractivity contribution in [3.8, 4) is 11.5 Å². The summed E-state index contributed by atoms with van der Waals surface area (Å²) >= 11 is 0. The Morgan fingerprint density at radius 1 is 1.27 bits per heavy atom. The van der Waals surface area contributed by atoms with Gasteiger partial charge in [-0.3, -0.25) is 4.90 Å². The fraction of sp³-hybridized carbons (Fsp3) is 0.263. The van der Waals surface area contributed by atoms with Gasteiger partial charge in [-0.25, -0.2) is 0 Å². The topological polar surface area (TPSA) is 32.7 Å². The Morgan fingerprint density at radius 3 is 2.73 bits per heavy atom. The molecule has 0 spiro atoms. The van der Waals surface area contributed by atoms with Crippen LogP contribution in [0.3, 0.4) is 0 Å². The Bertz CT molecular complexity index is 667. The number of nitrogens with zero attached hydrogens (tertiary/aromatic N) is 1. The molecule has 1 atom stereocenters. The van der Waals surface area contributed by atoms with Gasteiger partial charge in [0.25, 0.3) is 0 Å². The normalized spacial score (nSPS) is 17.8. The number of hydrogen-bond acceptors (Lipinski definition) is 3. The molecule has 1 heterocycles. The molecule has 114 valence electrons. The van der Waals surface area contributed by atoms with Crippen LogP contribution in [-0.4, -0.2) is 23.7 Å². The average Bonchev–Trinajstić information content (AvgIpc) is 2.55. The lowest BCUT2D eigenvalue weighted by atomic mass is 9.88. The van der Waals surface area contributed by atoms with Crippen molar-refractivity contribution in [3.63, 3.8) is 0 Å². The number of fused-ring (bicyclic) bond motifs is 1. The van der Waals surface area contributed by atoms with Crippen molar-refractivity contribution in [1.29, 1.82) is 0 Å². The van der Waals surface area contributed by atoms with Gasteiger partial charge in [-0.2, -0.15) is 0 Å². The fourth-order valence-electron chi connectivity index (χ4n) is 3.18. The quantitative estimate of drug-likeness (QED) is 0.873. The van der Waals surface area contributed by atoms with E-state index in [0.717, 1.165) is 30.8 Å². The zero-order chi connectivity index (χ0) is 15.5. The van der Waals surface area contributed by atoms with Gasteiger partial charge in [0.05, 0.1) is 7.11 Å². The first-order valence-corrected chi connectivity index (χ1v) is 7.50. The van der Waals surface area contributed by atoms with Crippen LogP contribution in [0.25, 0.3) is 0 Å². The molecule has 2 aromatic carbocycles. The van der Waals surface area contributed by atoms with E-state index in [0.29, 0.717) is 5.75 Å². The molecule has 1 N–H and O–H groups in total. The van der Waals surface area contributed by atoms with Crippen LogP contribution in [0.15, 0.2) is 55.1 Å². The highest BCUT2D eigenvalue weighted by atomic mass is 16.5. The lowest BCUT2D eigenvalue weighted by Crippen LogP contribution is -2.32. The molecule has 1 aliphatic rings. The summed E-state index contributed by atoms with van der Waals surface area (Å²) in [5, 5.41) is 10.4. The van der Waals surface area contributed by atoms with E-state index in [1.165, 1.54) is 5.56 Å².